The number of aromatic nitrogens is 4. The lowest BCUT2D eigenvalue weighted by Crippen LogP contribution is -2.52. The van der Waals surface area contributed by atoms with Gasteiger partial charge in [0.2, 0.25) is 5.95 Å². The van der Waals surface area contributed by atoms with E-state index >= 15 is 0 Å². The number of aliphatic hydroxyl groups is 1. The number of rotatable bonds is 6. The highest BCUT2D eigenvalue weighted by Crippen LogP contribution is 2.39. The monoisotopic (exact) mass is 507 g/mol. The number of hydrogen-bond donors (Lipinski definition) is 2. The maximum atomic E-state index is 14.7. The second-order valence-corrected chi connectivity index (χ2v) is 10.9. The number of nitrogens with zero attached hydrogens (tertiary/aromatic N) is 6. The average Bonchev–Trinajstić information content (AvgIpc) is 2.84. The molecule has 0 radical (unpaired) electrons. The lowest BCUT2D eigenvalue weighted by molar-refractivity contribution is -0.0422. The molecule has 4 atom stereocenters. The van der Waals surface area contributed by atoms with E-state index in [4.69, 9.17) is 14.7 Å². The summed E-state index contributed by atoms with van der Waals surface area (Å²) < 4.78 is 20.2. The molecular weight excluding hydrogens is 473 g/mol. The zero-order valence-electron chi connectivity index (χ0n) is 21.6. The Morgan fingerprint density at radius 1 is 1.14 bits per heavy atom. The fourth-order valence-electron chi connectivity index (χ4n) is 5.44. The lowest BCUT2D eigenvalue weighted by Gasteiger charge is -2.40. The maximum Gasteiger partial charge on any atom is 0.227 e. The van der Waals surface area contributed by atoms with E-state index in [1.165, 1.54) is 18.9 Å². The predicted octanol–water partition coefficient (Wildman–Crippen LogP) is 3.81. The van der Waals surface area contributed by atoms with Crippen molar-refractivity contribution in [2.75, 3.05) is 48.0 Å². The van der Waals surface area contributed by atoms with Gasteiger partial charge in [-0.05, 0) is 55.7 Å². The highest BCUT2D eigenvalue weighted by atomic mass is 19.1. The van der Waals surface area contributed by atoms with Crippen LogP contribution in [-0.4, -0.2) is 75.7 Å². The van der Waals surface area contributed by atoms with Crippen LogP contribution in [-0.2, 0) is 4.74 Å². The van der Waals surface area contributed by atoms with Gasteiger partial charge in [-0.3, -0.25) is 0 Å². The molecule has 0 saturated carbocycles. The van der Waals surface area contributed by atoms with E-state index in [9.17, 15) is 9.50 Å². The quantitative estimate of drug-likeness (QED) is 0.516. The van der Waals surface area contributed by atoms with Gasteiger partial charge in [0.25, 0.3) is 0 Å². The van der Waals surface area contributed by atoms with Crippen LogP contribution in [0.2, 0.25) is 0 Å². The Bertz CT molecular complexity index is 1300. The van der Waals surface area contributed by atoms with Crippen LogP contribution in [0.15, 0.2) is 30.7 Å². The first-order valence-electron chi connectivity index (χ1n) is 13.1. The number of anilines is 4. The predicted molar refractivity (Wildman–Crippen MR) is 141 cm³/mol. The number of alkyl halides is 1. The SMILES string of the molecule is CC(c1cnc(N2CC[C@H]2C)c2cnc(Nc3ccnc(N4CC[C@@H](O)[C@@](C)(F)C4)n3)cc12)C1COC1. The topological polar surface area (TPSA) is 99.5 Å². The van der Waals surface area contributed by atoms with Crippen LogP contribution in [0.4, 0.5) is 27.8 Å². The zero-order chi connectivity index (χ0) is 25.7. The molecule has 3 fully saturated rings. The molecule has 0 bridgehead atoms. The van der Waals surface area contributed by atoms with E-state index in [-0.39, 0.29) is 6.54 Å². The molecule has 3 saturated heterocycles. The summed E-state index contributed by atoms with van der Waals surface area (Å²) in [5, 5.41) is 15.5. The number of piperidine rings is 1. The first-order chi connectivity index (χ1) is 17.8. The van der Waals surface area contributed by atoms with E-state index in [1.807, 2.05) is 12.4 Å². The van der Waals surface area contributed by atoms with Gasteiger partial charge in [-0.2, -0.15) is 4.98 Å². The Kier molecular flexibility index (Phi) is 6.11. The Morgan fingerprint density at radius 3 is 2.65 bits per heavy atom. The molecule has 0 spiro atoms. The molecule has 3 aliphatic rings. The number of fused-ring (bicyclic) bond motifs is 1. The molecule has 0 aliphatic carbocycles. The second kappa shape index (κ2) is 9.33. The van der Waals surface area contributed by atoms with Crippen molar-refractivity contribution < 1.29 is 14.2 Å². The molecule has 3 aliphatic heterocycles. The molecule has 6 rings (SSSR count). The molecule has 10 heteroatoms. The van der Waals surface area contributed by atoms with E-state index in [0.717, 1.165) is 36.3 Å². The Labute approximate surface area is 216 Å². The molecule has 9 nitrogen and oxygen atoms in total. The molecule has 2 N–H and O–H groups in total. The lowest BCUT2D eigenvalue weighted by atomic mass is 9.85. The van der Waals surface area contributed by atoms with Crippen molar-refractivity contribution in [3.63, 3.8) is 0 Å². The summed E-state index contributed by atoms with van der Waals surface area (Å²) in [6.45, 7) is 8.99. The van der Waals surface area contributed by atoms with Crippen molar-refractivity contribution in [3.05, 3.63) is 36.3 Å². The number of pyridine rings is 2. The standard InChI is InChI=1S/C27H34FN7O2/c1-16-5-9-35(16)25-21-12-30-24(10-19(21)20(11-31-25)17(2)18-13-37-14-18)32-23-4-7-29-26(33-23)34-8-6-22(36)27(3,28)15-34/h4,7,10-12,16-18,22,36H,5-6,8-9,13-15H2,1-3H3,(H,29,30,32,33)/t16-,17?,22-,27+/m1/s1. The molecular formula is C27H34FN7O2. The minimum absolute atomic E-state index is 0.0443. The summed E-state index contributed by atoms with van der Waals surface area (Å²) in [6.07, 6.45) is 6.11. The average molecular weight is 508 g/mol. The van der Waals surface area contributed by atoms with Crippen molar-refractivity contribution in [1.82, 2.24) is 19.9 Å². The zero-order valence-corrected chi connectivity index (χ0v) is 21.6. The minimum Gasteiger partial charge on any atom is -0.390 e. The highest BCUT2D eigenvalue weighted by Gasteiger charge is 2.39. The Balaban J connectivity index is 1.31. The maximum absolute atomic E-state index is 14.7. The third kappa shape index (κ3) is 4.46. The van der Waals surface area contributed by atoms with Crippen molar-refractivity contribution >= 4 is 34.2 Å². The van der Waals surface area contributed by atoms with Crippen LogP contribution in [0.1, 0.15) is 45.1 Å². The molecule has 1 unspecified atom stereocenters. The fourth-order valence-corrected chi connectivity index (χ4v) is 5.44. The number of aliphatic hydroxyl groups excluding tert-OH is 1. The summed E-state index contributed by atoms with van der Waals surface area (Å²) in [4.78, 5) is 22.7. The van der Waals surface area contributed by atoms with E-state index < -0.39 is 11.8 Å². The van der Waals surface area contributed by atoms with E-state index in [0.29, 0.717) is 48.4 Å². The molecule has 0 aromatic carbocycles. The third-order valence-corrected chi connectivity index (χ3v) is 8.28. The van der Waals surface area contributed by atoms with Crippen LogP contribution in [0.25, 0.3) is 10.8 Å². The van der Waals surface area contributed by atoms with Crippen molar-refractivity contribution in [2.45, 2.75) is 57.3 Å². The van der Waals surface area contributed by atoms with Crippen molar-refractivity contribution in [2.24, 2.45) is 5.92 Å². The van der Waals surface area contributed by atoms with Crippen molar-refractivity contribution in [1.29, 1.82) is 0 Å². The van der Waals surface area contributed by atoms with Crippen LogP contribution < -0.4 is 15.1 Å². The molecule has 3 aromatic rings. The summed E-state index contributed by atoms with van der Waals surface area (Å²) in [5.74, 6) is 3.47. The van der Waals surface area contributed by atoms with Gasteiger partial charge in [0, 0.05) is 49.0 Å². The normalized spacial score (nSPS) is 27.1. The molecule has 0 amide bonds. The van der Waals surface area contributed by atoms with Crippen LogP contribution in [0.5, 0.6) is 0 Å². The summed E-state index contributed by atoms with van der Waals surface area (Å²) >= 11 is 0. The first kappa shape index (κ1) is 24.2. The van der Waals surface area contributed by atoms with E-state index in [2.05, 4.69) is 40.1 Å². The largest absolute Gasteiger partial charge is 0.390 e. The van der Waals surface area contributed by atoms with Gasteiger partial charge >= 0.3 is 0 Å². The fraction of sp³-hybridized carbons (Fsp3) is 0.556. The van der Waals surface area contributed by atoms with Gasteiger partial charge in [-0.1, -0.05) is 6.92 Å². The number of halogens is 1. The summed E-state index contributed by atoms with van der Waals surface area (Å²) in [5.41, 5.74) is -0.508. The van der Waals surface area contributed by atoms with Gasteiger partial charge in [-0.15, -0.1) is 0 Å². The molecule has 3 aromatic heterocycles. The van der Waals surface area contributed by atoms with Gasteiger partial charge in [0.05, 0.1) is 25.9 Å². The van der Waals surface area contributed by atoms with E-state index in [1.54, 1.807) is 17.2 Å². The van der Waals surface area contributed by atoms with Gasteiger partial charge in [0.15, 0.2) is 5.67 Å². The van der Waals surface area contributed by atoms with Crippen LogP contribution >= 0.6 is 0 Å². The summed E-state index contributed by atoms with van der Waals surface area (Å²) in [7, 11) is 0. The third-order valence-electron chi connectivity index (χ3n) is 8.28. The van der Waals surface area contributed by atoms with Gasteiger partial charge in [-0.25, -0.2) is 19.3 Å². The number of hydrogen-bond acceptors (Lipinski definition) is 9. The number of ether oxygens (including phenoxy) is 1. The molecule has 37 heavy (non-hydrogen) atoms. The molecule has 196 valence electrons. The first-order valence-corrected chi connectivity index (χ1v) is 13.1. The Morgan fingerprint density at radius 2 is 1.97 bits per heavy atom. The van der Waals surface area contributed by atoms with Crippen molar-refractivity contribution in [3.8, 4) is 0 Å². The van der Waals surface area contributed by atoms with Gasteiger partial charge < -0.3 is 25.0 Å². The second-order valence-electron chi connectivity index (χ2n) is 10.9. The number of nitrogens with one attached hydrogen (secondary N) is 1. The smallest absolute Gasteiger partial charge is 0.227 e. The highest BCUT2D eigenvalue weighted by molar-refractivity contribution is 5.96. The Hall–Kier alpha value is -3.11. The van der Waals surface area contributed by atoms with Crippen LogP contribution in [0.3, 0.4) is 0 Å². The summed E-state index contributed by atoms with van der Waals surface area (Å²) in [6, 6.07) is 4.32. The van der Waals surface area contributed by atoms with Gasteiger partial charge in [0.1, 0.15) is 17.5 Å². The minimum atomic E-state index is -1.71. The van der Waals surface area contributed by atoms with Crippen LogP contribution in [0, 0.1) is 5.92 Å². The molecule has 6 heterocycles.